The zero-order valence-electron chi connectivity index (χ0n) is 10.5. The first kappa shape index (κ1) is 13.3. The van der Waals surface area contributed by atoms with Crippen LogP contribution in [0.5, 0.6) is 0 Å². The molecule has 3 N–H and O–H groups in total. The average Bonchev–Trinajstić information content (AvgIpc) is 2.95. The van der Waals surface area contributed by atoms with Gasteiger partial charge in [0.1, 0.15) is 0 Å². The third-order valence-electron chi connectivity index (χ3n) is 2.74. The second-order valence-electron chi connectivity index (χ2n) is 3.85. The number of hydrogen-bond donors (Lipinski definition) is 2. The van der Waals surface area contributed by atoms with Crippen molar-refractivity contribution in [1.29, 1.82) is 0 Å². The third kappa shape index (κ3) is 2.64. The monoisotopic (exact) mass is 274 g/mol. The summed E-state index contributed by atoms with van der Waals surface area (Å²) < 4.78 is 0. The van der Waals surface area contributed by atoms with E-state index in [1.807, 2.05) is 41.6 Å². The minimum Gasteiger partial charge on any atom is -0.342 e. The van der Waals surface area contributed by atoms with Gasteiger partial charge in [0.05, 0.1) is 21.9 Å². The number of rotatable bonds is 4. The first-order valence-corrected chi connectivity index (χ1v) is 6.44. The van der Waals surface area contributed by atoms with Gasteiger partial charge in [-0.25, -0.2) is 5.84 Å². The molecule has 1 aromatic heterocycles. The summed E-state index contributed by atoms with van der Waals surface area (Å²) >= 11 is 1.34. The van der Waals surface area contributed by atoms with Crippen molar-refractivity contribution in [3.63, 3.8) is 0 Å². The second kappa shape index (κ2) is 5.64. The van der Waals surface area contributed by atoms with Gasteiger partial charge in [0.25, 0.3) is 5.91 Å². The van der Waals surface area contributed by atoms with Crippen LogP contribution < -0.4 is 16.2 Å². The number of carbonyl (C=O) groups is 1. The summed E-state index contributed by atoms with van der Waals surface area (Å²) in [5.74, 6) is 4.82. The van der Waals surface area contributed by atoms with E-state index >= 15 is 0 Å². The van der Waals surface area contributed by atoms with E-state index in [1.165, 1.54) is 11.3 Å². The highest BCUT2D eigenvalue weighted by molar-refractivity contribution is 7.12. The molecule has 0 atom stereocenters. The number of carbonyl (C=O) groups excluding carboxylic acids is 1. The summed E-state index contributed by atoms with van der Waals surface area (Å²) in [4.78, 5) is 17.9. The van der Waals surface area contributed by atoms with Crippen LogP contribution in [0.15, 0.2) is 40.7 Å². The quantitative estimate of drug-likeness (QED) is 0.389. The molecule has 0 saturated heterocycles. The van der Waals surface area contributed by atoms with Crippen molar-refractivity contribution in [1.82, 2.24) is 5.43 Å². The summed E-state index contributed by atoms with van der Waals surface area (Å²) in [5, 5.41) is 1.89. The van der Waals surface area contributed by atoms with Gasteiger partial charge in [-0.1, -0.05) is 12.1 Å². The van der Waals surface area contributed by atoms with E-state index in [0.29, 0.717) is 4.88 Å². The zero-order valence-corrected chi connectivity index (χ0v) is 11.3. The van der Waals surface area contributed by atoms with E-state index in [-0.39, 0.29) is 5.91 Å². The predicted octanol–water partition coefficient (Wildman–Crippen LogP) is 2.45. The number of aliphatic imine (C=N–C) groups is 1. The van der Waals surface area contributed by atoms with Crippen LogP contribution in [0.4, 0.5) is 17.1 Å². The Balaban J connectivity index is 2.33. The molecule has 1 heterocycles. The fourth-order valence-corrected chi connectivity index (χ4v) is 2.54. The number of nitrogens with two attached hydrogens (primary N) is 1. The third-order valence-corrected chi connectivity index (χ3v) is 3.66. The topological polar surface area (TPSA) is 70.7 Å². The molecule has 1 aromatic carbocycles. The minimum absolute atomic E-state index is 0.292. The second-order valence-corrected chi connectivity index (χ2v) is 4.76. The van der Waals surface area contributed by atoms with Crippen LogP contribution in [0.3, 0.4) is 0 Å². The van der Waals surface area contributed by atoms with Gasteiger partial charge in [-0.3, -0.25) is 15.2 Å². The van der Waals surface area contributed by atoms with Gasteiger partial charge in [0, 0.05) is 12.4 Å². The van der Waals surface area contributed by atoms with Gasteiger partial charge in [-0.15, -0.1) is 11.3 Å². The van der Waals surface area contributed by atoms with E-state index in [1.54, 1.807) is 6.07 Å². The lowest BCUT2D eigenvalue weighted by Crippen LogP contribution is -2.29. The largest absolute Gasteiger partial charge is 0.342 e. The number of amides is 1. The molecule has 0 unspecified atom stereocenters. The van der Waals surface area contributed by atoms with E-state index in [2.05, 4.69) is 17.1 Å². The number of hydrazine groups is 1. The van der Waals surface area contributed by atoms with Crippen LogP contribution in [-0.4, -0.2) is 19.7 Å². The van der Waals surface area contributed by atoms with Crippen molar-refractivity contribution in [2.24, 2.45) is 10.8 Å². The van der Waals surface area contributed by atoms with Crippen molar-refractivity contribution >= 4 is 41.0 Å². The number of anilines is 2. The molecule has 19 heavy (non-hydrogen) atoms. The van der Waals surface area contributed by atoms with Gasteiger partial charge >= 0.3 is 0 Å². The van der Waals surface area contributed by atoms with Crippen LogP contribution in [0.2, 0.25) is 0 Å². The van der Waals surface area contributed by atoms with Crippen LogP contribution >= 0.6 is 11.3 Å². The summed E-state index contributed by atoms with van der Waals surface area (Å²) in [6, 6.07) is 9.46. The lowest BCUT2D eigenvalue weighted by molar-refractivity contribution is 0.0957. The maximum absolute atomic E-state index is 11.4. The first-order valence-electron chi connectivity index (χ1n) is 5.56. The number of para-hydroxylation sites is 2. The number of nitrogens with one attached hydrogen (secondary N) is 1. The molecule has 5 nitrogen and oxygen atoms in total. The molecule has 0 radical (unpaired) electrons. The molecule has 0 aliphatic heterocycles. The predicted molar refractivity (Wildman–Crippen MR) is 79.7 cm³/mol. The molecule has 0 fully saturated rings. The molecule has 0 spiro atoms. The maximum Gasteiger partial charge on any atom is 0.275 e. The lowest BCUT2D eigenvalue weighted by atomic mass is 10.2. The smallest absolute Gasteiger partial charge is 0.275 e. The van der Waals surface area contributed by atoms with Crippen LogP contribution in [-0.2, 0) is 0 Å². The van der Waals surface area contributed by atoms with E-state index < -0.39 is 0 Å². The molecular weight excluding hydrogens is 260 g/mol. The fraction of sp³-hybridized carbons (Fsp3) is 0.0769. The van der Waals surface area contributed by atoms with Gasteiger partial charge in [0.15, 0.2) is 0 Å². The van der Waals surface area contributed by atoms with Crippen molar-refractivity contribution in [2.75, 3.05) is 11.9 Å². The summed E-state index contributed by atoms with van der Waals surface area (Å²) in [5.41, 5.74) is 4.74. The lowest BCUT2D eigenvalue weighted by Gasteiger charge is -2.19. The molecule has 2 rings (SSSR count). The fourth-order valence-electron chi connectivity index (χ4n) is 1.71. The Hall–Kier alpha value is -2.18. The minimum atomic E-state index is -0.292. The number of nitrogen functional groups attached to an aromatic ring is 1. The molecule has 98 valence electrons. The molecule has 2 aromatic rings. The highest BCUT2D eigenvalue weighted by Gasteiger charge is 2.13. The highest BCUT2D eigenvalue weighted by Crippen LogP contribution is 2.34. The Bertz CT molecular complexity index is 608. The van der Waals surface area contributed by atoms with Crippen LogP contribution in [0, 0.1) is 0 Å². The maximum atomic E-state index is 11.4. The Labute approximate surface area is 115 Å². The number of hydrogen-bond acceptors (Lipinski definition) is 5. The molecular formula is C13H14N4OS. The molecule has 1 amide bonds. The van der Waals surface area contributed by atoms with E-state index in [9.17, 15) is 4.79 Å². The van der Waals surface area contributed by atoms with Gasteiger partial charge in [-0.2, -0.15) is 0 Å². The molecule has 0 aliphatic rings. The molecule has 0 aliphatic carbocycles. The summed E-state index contributed by atoms with van der Waals surface area (Å²) in [6.45, 7) is 3.56. The standard InChI is InChI=1S/C13H14N4OS/c1-15-10-5-3-4-6-11(10)17(2)9-7-12(19-8-9)13(18)16-14/h3-8H,1,14H2,2H3,(H,16,18). The van der Waals surface area contributed by atoms with E-state index in [0.717, 1.165) is 17.1 Å². The van der Waals surface area contributed by atoms with Crippen molar-refractivity contribution < 1.29 is 4.79 Å². The van der Waals surface area contributed by atoms with Gasteiger partial charge in [-0.05, 0) is 24.9 Å². The van der Waals surface area contributed by atoms with E-state index in [4.69, 9.17) is 5.84 Å². The summed E-state index contributed by atoms with van der Waals surface area (Å²) in [6.07, 6.45) is 0. The van der Waals surface area contributed by atoms with Crippen molar-refractivity contribution in [3.05, 3.63) is 40.6 Å². The van der Waals surface area contributed by atoms with Crippen LogP contribution in [0.25, 0.3) is 0 Å². The Morgan fingerprint density at radius 2 is 2.21 bits per heavy atom. The highest BCUT2D eigenvalue weighted by atomic mass is 32.1. The summed E-state index contributed by atoms with van der Waals surface area (Å²) in [7, 11) is 1.91. The molecule has 0 saturated carbocycles. The Morgan fingerprint density at radius 1 is 1.47 bits per heavy atom. The van der Waals surface area contributed by atoms with Gasteiger partial charge in [0.2, 0.25) is 0 Å². The molecule has 0 bridgehead atoms. The van der Waals surface area contributed by atoms with Crippen LogP contribution in [0.1, 0.15) is 9.67 Å². The number of thiophene rings is 1. The van der Waals surface area contributed by atoms with Crippen molar-refractivity contribution in [3.8, 4) is 0 Å². The molecule has 6 heteroatoms. The number of nitrogens with zero attached hydrogens (tertiary/aromatic N) is 2. The average molecular weight is 274 g/mol. The Kier molecular flexibility index (Phi) is 3.94. The van der Waals surface area contributed by atoms with Crippen molar-refractivity contribution in [2.45, 2.75) is 0 Å². The normalized spacial score (nSPS) is 10.0. The SMILES string of the molecule is C=Nc1ccccc1N(C)c1csc(C(=O)NN)c1. The van der Waals surface area contributed by atoms with Gasteiger partial charge < -0.3 is 4.90 Å². The number of benzene rings is 1. The first-order chi connectivity index (χ1) is 9.17. The Morgan fingerprint density at radius 3 is 2.89 bits per heavy atom. The zero-order chi connectivity index (χ0) is 13.8.